The summed E-state index contributed by atoms with van der Waals surface area (Å²) in [7, 11) is 0. The number of aromatic nitrogens is 3. The number of furan rings is 1. The Labute approximate surface area is 166 Å². The van der Waals surface area contributed by atoms with E-state index < -0.39 is 11.2 Å². The lowest BCUT2D eigenvalue weighted by Gasteiger charge is -2.27. The Morgan fingerprint density at radius 3 is 2.61 bits per heavy atom. The van der Waals surface area contributed by atoms with E-state index in [-0.39, 0.29) is 0 Å². The molecule has 2 aromatic heterocycles. The Hall–Kier alpha value is -2.78. The van der Waals surface area contributed by atoms with Crippen molar-refractivity contribution in [3.8, 4) is 0 Å². The molecule has 1 atom stereocenters. The first-order valence-corrected chi connectivity index (χ1v) is 9.89. The first-order valence-electron chi connectivity index (χ1n) is 9.01. The average molecular weight is 399 g/mol. The standard InChI is InChI=1S/C19H21N5O3S/c20-17(25)16(14-5-2-1-3-6-14)28-19-22-21-18(23-8-11-26-12-9-23)24(19)13-15-7-4-10-27-15/h1-7,10,16H,8-9,11-13H2,(H2,20,25). The van der Waals surface area contributed by atoms with Crippen molar-refractivity contribution in [2.75, 3.05) is 31.2 Å². The van der Waals surface area contributed by atoms with Gasteiger partial charge >= 0.3 is 0 Å². The van der Waals surface area contributed by atoms with Crippen LogP contribution < -0.4 is 10.6 Å². The molecule has 1 saturated heterocycles. The van der Waals surface area contributed by atoms with Gasteiger partial charge in [0.15, 0.2) is 5.16 Å². The highest BCUT2D eigenvalue weighted by molar-refractivity contribution is 8.00. The normalized spacial score (nSPS) is 15.5. The molecule has 3 heterocycles. The van der Waals surface area contributed by atoms with Gasteiger partial charge < -0.3 is 19.8 Å². The van der Waals surface area contributed by atoms with Gasteiger partial charge in [0, 0.05) is 13.1 Å². The highest BCUT2D eigenvalue weighted by atomic mass is 32.2. The molecule has 0 radical (unpaired) electrons. The number of ether oxygens (including phenoxy) is 1. The van der Waals surface area contributed by atoms with Gasteiger partial charge in [-0.25, -0.2) is 0 Å². The third-order valence-corrected chi connectivity index (χ3v) is 5.72. The van der Waals surface area contributed by atoms with Crippen molar-refractivity contribution in [3.63, 3.8) is 0 Å². The predicted octanol–water partition coefficient (Wildman–Crippen LogP) is 2.07. The minimum atomic E-state index is -0.557. The van der Waals surface area contributed by atoms with Crippen LogP contribution in [0.1, 0.15) is 16.6 Å². The van der Waals surface area contributed by atoms with E-state index in [1.807, 2.05) is 47.0 Å². The number of amides is 1. The molecule has 1 fully saturated rings. The van der Waals surface area contributed by atoms with Crippen LogP contribution >= 0.6 is 11.8 Å². The first-order chi connectivity index (χ1) is 13.7. The molecule has 1 aromatic carbocycles. The molecule has 146 valence electrons. The van der Waals surface area contributed by atoms with Gasteiger partial charge in [0.2, 0.25) is 11.9 Å². The topological polar surface area (TPSA) is 99.4 Å². The number of carbonyl (C=O) groups is 1. The summed E-state index contributed by atoms with van der Waals surface area (Å²) in [5.41, 5.74) is 6.52. The molecule has 1 aliphatic heterocycles. The van der Waals surface area contributed by atoms with E-state index in [4.69, 9.17) is 14.9 Å². The van der Waals surface area contributed by atoms with Crippen molar-refractivity contribution in [2.45, 2.75) is 17.0 Å². The Kier molecular flexibility index (Phi) is 5.63. The summed E-state index contributed by atoms with van der Waals surface area (Å²) >= 11 is 1.30. The monoisotopic (exact) mass is 399 g/mol. The van der Waals surface area contributed by atoms with Crippen LogP contribution in [-0.2, 0) is 16.1 Å². The van der Waals surface area contributed by atoms with Gasteiger partial charge in [-0.05, 0) is 17.7 Å². The van der Waals surface area contributed by atoms with Crippen molar-refractivity contribution in [1.29, 1.82) is 0 Å². The van der Waals surface area contributed by atoms with E-state index >= 15 is 0 Å². The first kappa shape index (κ1) is 18.6. The quantitative estimate of drug-likeness (QED) is 0.607. The fourth-order valence-corrected chi connectivity index (χ4v) is 4.07. The molecule has 2 N–H and O–H groups in total. The van der Waals surface area contributed by atoms with Gasteiger partial charge in [-0.3, -0.25) is 9.36 Å². The van der Waals surface area contributed by atoms with Crippen molar-refractivity contribution in [3.05, 3.63) is 60.1 Å². The maximum atomic E-state index is 12.1. The van der Waals surface area contributed by atoms with Crippen LogP contribution in [0.5, 0.6) is 0 Å². The van der Waals surface area contributed by atoms with Crippen molar-refractivity contribution in [2.24, 2.45) is 5.73 Å². The number of benzene rings is 1. The second-order valence-electron chi connectivity index (χ2n) is 6.36. The number of primary amides is 1. The minimum Gasteiger partial charge on any atom is -0.467 e. The van der Waals surface area contributed by atoms with E-state index in [2.05, 4.69) is 15.1 Å². The van der Waals surface area contributed by atoms with Gasteiger partial charge in [0.25, 0.3) is 0 Å². The lowest BCUT2D eigenvalue weighted by Crippen LogP contribution is -2.38. The molecule has 3 aromatic rings. The van der Waals surface area contributed by atoms with Crippen molar-refractivity contribution >= 4 is 23.6 Å². The SMILES string of the molecule is NC(=O)C(Sc1nnc(N2CCOCC2)n1Cc1ccco1)c1ccccc1. The number of morpholine rings is 1. The summed E-state index contributed by atoms with van der Waals surface area (Å²) in [5.74, 6) is 1.10. The minimum absolute atomic E-state index is 0.420. The van der Waals surface area contributed by atoms with Crippen LogP contribution in [0.25, 0.3) is 0 Å². The molecular formula is C19H21N5O3S. The zero-order valence-electron chi connectivity index (χ0n) is 15.2. The van der Waals surface area contributed by atoms with Gasteiger partial charge in [-0.2, -0.15) is 0 Å². The third kappa shape index (κ3) is 4.05. The summed E-state index contributed by atoms with van der Waals surface area (Å²) in [5, 5.41) is 8.82. The molecule has 1 aliphatic rings. The molecular weight excluding hydrogens is 378 g/mol. The second kappa shape index (κ2) is 8.49. The fraction of sp³-hybridized carbons (Fsp3) is 0.316. The summed E-state index contributed by atoms with van der Waals surface area (Å²) in [6.45, 7) is 3.22. The van der Waals surface area contributed by atoms with Crippen LogP contribution in [0, 0.1) is 0 Å². The summed E-state index contributed by atoms with van der Waals surface area (Å²) in [6, 6.07) is 13.2. The van der Waals surface area contributed by atoms with E-state index in [1.54, 1.807) is 6.26 Å². The third-order valence-electron chi connectivity index (χ3n) is 4.47. The van der Waals surface area contributed by atoms with Crippen molar-refractivity contribution < 1.29 is 13.9 Å². The van der Waals surface area contributed by atoms with Crippen molar-refractivity contribution in [1.82, 2.24) is 14.8 Å². The number of nitrogens with zero attached hydrogens (tertiary/aromatic N) is 4. The summed E-state index contributed by atoms with van der Waals surface area (Å²) < 4.78 is 12.9. The van der Waals surface area contributed by atoms with Gasteiger partial charge in [0.1, 0.15) is 11.0 Å². The number of carbonyl (C=O) groups excluding carboxylic acids is 1. The number of hydrogen-bond acceptors (Lipinski definition) is 7. The summed E-state index contributed by atoms with van der Waals surface area (Å²) in [6.07, 6.45) is 1.64. The van der Waals surface area contributed by atoms with Gasteiger partial charge in [0.05, 0.1) is 26.0 Å². The van der Waals surface area contributed by atoms with Crippen LogP contribution in [0.3, 0.4) is 0 Å². The largest absolute Gasteiger partial charge is 0.467 e. The fourth-order valence-electron chi connectivity index (χ4n) is 3.09. The maximum Gasteiger partial charge on any atom is 0.235 e. The number of thioether (sulfide) groups is 1. The van der Waals surface area contributed by atoms with Gasteiger partial charge in [-0.15, -0.1) is 10.2 Å². The Balaban J connectivity index is 1.67. The Morgan fingerprint density at radius 1 is 1.14 bits per heavy atom. The predicted molar refractivity (Wildman–Crippen MR) is 105 cm³/mol. The Morgan fingerprint density at radius 2 is 1.93 bits per heavy atom. The zero-order chi connectivity index (χ0) is 19.3. The zero-order valence-corrected chi connectivity index (χ0v) is 16.0. The van der Waals surface area contributed by atoms with Crippen LogP contribution in [0.2, 0.25) is 0 Å². The number of hydrogen-bond donors (Lipinski definition) is 1. The number of nitrogens with two attached hydrogens (primary N) is 1. The van der Waals surface area contributed by atoms with Crippen LogP contribution in [-0.4, -0.2) is 47.0 Å². The summed E-state index contributed by atoms with van der Waals surface area (Å²) in [4.78, 5) is 14.3. The van der Waals surface area contributed by atoms with Crippen LogP contribution in [0.15, 0.2) is 58.3 Å². The maximum absolute atomic E-state index is 12.1. The highest BCUT2D eigenvalue weighted by Crippen LogP contribution is 2.36. The number of rotatable bonds is 7. The molecule has 0 bridgehead atoms. The lowest BCUT2D eigenvalue weighted by molar-refractivity contribution is -0.117. The molecule has 4 rings (SSSR count). The van der Waals surface area contributed by atoms with E-state index in [0.29, 0.717) is 24.9 Å². The molecule has 1 unspecified atom stereocenters. The molecule has 8 nitrogen and oxygen atoms in total. The smallest absolute Gasteiger partial charge is 0.235 e. The molecule has 1 amide bonds. The highest BCUT2D eigenvalue weighted by Gasteiger charge is 2.26. The average Bonchev–Trinajstić information content (AvgIpc) is 3.38. The van der Waals surface area contributed by atoms with E-state index in [0.717, 1.165) is 30.4 Å². The molecule has 9 heteroatoms. The van der Waals surface area contributed by atoms with E-state index in [9.17, 15) is 4.79 Å². The molecule has 28 heavy (non-hydrogen) atoms. The molecule has 0 saturated carbocycles. The van der Waals surface area contributed by atoms with Crippen LogP contribution in [0.4, 0.5) is 5.95 Å². The van der Waals surface area contributed by atoms with Gasteiger partial charge in [-0.1, -0.05) is 42.1 Å². The Bertz CT molecular complexity index is 907. The molecule has 0 spiro atoms. The lowest BCUT2D eigenvalue weighted by atomic mass is 10.1. The number of anilines is 1. The van der Waals surface area contributed by atoms with E-state index in [1.165, 1.54) is 11.8 Å². The molecule has 0 aliphatic carbocycles. The second-order valence-corrected chi connectivity index (χ2v) is 7.43.